The lowest BCUT2D eigenvalue weighted by Gasteiger charge is -2.12. The monoisotopic (exact) mass is 312 g/mol. The van der Waals surface area contributed by atoms with Gasteiger partial charge in [0.2, 0.25) is 0 Å². The lowest BCUT2D eigenvalue weighted by atomic mass is 10.0. The molecule has 0 aliphatic rings. The Morgan fingerprint density at radius 1 is 1.06 bits per heavy atom. The first-order valence-corrected chi connectivity index (χ1v) is 6.53. The van der Waals surface area contributed by atoms with E-state index in [0.717, 1.165) is 21.7 Å². The van der Waals surface area contributed by atoms with E-state index in [1.54, 1.807) is 12.1 Å². The number of alkyl halides is 1. The first-order chi connectivity index (χ1) is 8.08. The van der Waals surface area contributed by atoms with Crippen LogP contribution in [0.4, 0.5) is 4.39 Å². The molecule has 0 bridgehead atoms. The summed E-state index contributed by atoms with van der Waals surface area (Å²) in [7, 11) is 0. The Morgan fingerprint density at radius 3 is 2.24 bits per heavy atom. The van der Waals surface area contributed by atoms with E-state index in [1.807, 2.05) is 25.1 Å². The largest absolute Gasteiger partial charge is 0.207 e. The van der Waals surface area contributed by atoms with Gasteiger partial charge >= 0.3 is 0 Å². The van der Waals surface area contributed by atoms with Crippen molar-refractivity contribution >= 4 is 27.5 Å². The molecule has 0 saturated heterocycles. The van der Waals surface area contributed by atoms with Gasteiger partial charge in [0.05, 0.1) is 4.83 Å². The predicted molar refractivity (Wildman–Crippen MR) is 73.4 cm³/mol. The summed E-state index contributed by atoms with van der Waals surface area (Å²) in [6.45, 7) is 1.97. The molecule has 2 aromatic carbocycles. The summed E-state index contributed by atoms with van der Waals surface area (Å²) >= 11 is 9.60. The standard InChI is InChI=1S/C14H11BrClF/c1-9-8-11(4-7-13(9)16)14(15)10-2-5-12(17)6-3-10/h2-8,14H,1H3. The van der Waals surface area contributed by atoms with E-state index in [-0.39, 0.29) is 10.6 Å². The van der Waals surface area contributed by atoms with E-state index in [0.29, 0.717) is 0 Å². The molecule has 0 amide bonds. The molecule has 3 heteroatoms. The Hall–Kier alpha value is -0.860. The molecule has 0 radical (unpaired) electrons. The highest BCUT2D eigenvalue weighted by Gasteiger charge is 2.11. The minimum atomic E-state index is -0.222. The Balaban J connectivity index is 2.33. The fourth-order valence-electron chi connectivity index (χ4n) is 1.65. The summed E-state index contributed by atoms with van der Waals surface area (Å²) in [6.07, 6.45) is 0. The van der Waals surface area contributed by atoms with Crippen LogP contribution >= 0.6 is 27.5 Å². The van der Waals surface area contributed by atoms with E-state index in [2.05, 4.69) is 15.9 Å². The van der Waals surface area contributed by atoms with E-state index in [4.69, 9.17) is 11.6 Å². The molecule has 0 spiro atoms. The first kappa shape index (κ1) is 12.6. The van der Waals surface area contributed by atoms with Gasteiger partial charge in [-0.3, -0.25) is 0 Å². The number of aryl methyl sites for hydroxylation is 1. The van der Waals surface area contributed by atoms with Gasteiger partial charge in [-0.2, -0.15) is 0 Å². The predicted octanol–water partition coefficient (Wildman–Crippen LogP) is 5.27. The number of halogens is 3. The van der Waals surface area contributed by atoms with Crippen LogP contribution < -0.4 is 0 Å². The summed E-state index contributed by atoms with van der Waals surface area (Å²) in [5, 5.41) is 0.757. The fraction of sp³-hybridized carbons (Fsp3) is 0.143. The molecule has 1 atom stereocenters. The third kappa shape index (κ3) is 2.88. The lowest BCUT2D eigenvalue weighted by Crippen LogP contribution is -1.93. The van der Waals surface area contributed by atoms with E-state index in [9.17, 15) is 4.39 Å². The van der Waals surface area contributed by atoms with Gasteiger partial charge < -0.3 is 0 Å². The Bertz CT molecular complexity index is 522. The second kappa shape index (κ2) is 5.19. The molecular weight excluding hydrogens is 303 g/mol. The van der Waals surface area contributed by atoms with Gasteiger partial charge in [-0.05, 0) is 41.8 Å². The minimum absolute atomic E-state index is 0.0547. The van der Waals surface area contributed by atoms with Gasteiger partial charge in [-0.1, -0.05) is 51.8 Å². The molecule has 0 heterocycles. The van der Waals surface area contributed by atoms with Crippen molar-refractivity contribution in [1.29, 1.82) is 0 Å². The summed E-state index contributed by atoms with van der Waals surface area (Å²) < 4.78 is 12.8. The second-order valence-electron chi connectivity index (χ2n) is 3.92. The van der Waals surface area contributed by atoms with Crippen LogP contribution in [-0.4, -0.2) is 0 Å². The first-order valence-electron chi connectivity index (χ1n) is 5.23. The maximum Gasteiger partial charge on any atom is 0.123 e. The number of hydrogen-bond acceptors (Lipinski definition) is 0. The quantitative estimate of drug-likeness (QED) is 0.662. The number of rotatable bonds is 2. The normalized spacial score (nSPS) is 12.5. The molecular formula is C14H11BrClF. The van der Waals surface area contributed by atoms with Crippen molar-refractivity contribution in [2.75, 3.05) is 0 Å². The SMILES string of the molecule is Cc1cc(C(Br)c2ccc(F)cc2)ccc1Cl. The molecule has 0 fully saturated rings. The number of benzene rings is 2. The minimum Gasteiger partial charge on any atom is -0.207 e. The van der Waals surface area contributed by atoms with Gasteiger partial charge in [-0.15, -0.1) is 0 Å². The highest BCUT2D eigenvalue weighted by molar-refractivity contribution is 9.09. The van der Waals surface area contributed by atoms with Crippen LogP contribution in [-0.2, 0) is 0 Å². The molecule has 1 unspecified atom stereocenters. The molecule has 0 aliphatic heterocycles. The van der Waals surface area contributed by atoms with Crippen molar-refractivity contribution in [3.8, 4) is 0 Å². The molecule has 2 aromatic rings. The van der Waals surface area contributed by atoms with Gasteiger partial charge in [0.15, 0.2) is 0 Å². The van der Waals surface area contributed by atoms with Crippen LogP contribution in [0.2, 0.25) is 5.02 Å². The number of hydrogen-bond donors (Lipinski definition) is 0. The molecule has 0 aliphatic carbocycles. The van der Waals surface area contributed by atoms with Crippen molar-refractivity contribution in [3.63, 3.8) is 0 Å². The zero-order chi connectivity index (χ0) is 12.4. The second-order valence-corrected chi connectivity index (χ2v) is 5.25. The lowest BCUT2D eigenvalue weighted by molar-refractivity contribution is 0.627. The van der Waals surface area contributed by atoms with Gasteiger partial charge in [0.1, 0.15) is 5.82 Å². The van der Waals surface area contributed by atoms with Crippen molar-refractivity contribution < 1.29 is 4.39 Å². The van der Waals surface area contributed by atoms with Crippen LogP contribution in [0.15, 0.2) is 42.5 Å². The third-order valence-corrected chi connectivity index (χ3v) is 4.12. The Morgan fingerprint density at radius 2 is 1.65 bits per heavy atom. The van der Waals surface area contributed by atoms with E-state index < -0.39 is 0 Å². The topological polar surface area (TPSA) is 0 Å². The van der Waals surface area contributed by atoms with Crippen LogP contribution in [0.25, 0.3) is 0 Å². The maximum absolute atomic E-state index is 12.8. The van der Waals surface area contributed by atoms with Crippen LogP contribution in [0.5, 0.6) is 0 Å². The zero-order valence-corrected chi connectivity index (χ0v) is 11.6. The summed E-state index contributed by atoms with van der Waals surface area (Å²) in [5.41, 5.74) is 3.17. The average Bonchev–Trinajstić information content (AvgIpc) is 2.33. The zero-order valence-electron chi connectivity index (χ0n) is 9.25. The highest BCUT2D eigenvalue weighted by Crippen LogP contribution is 2.32. The summed E-state index contributed by atoms with van der Waals surface area (Å²) in [6, 6.07) is 12.4. The molecule has 17 heavy (non-hydrogen) atoms. The molecule has 0 N–H and O–H groups in total. The van der Waals surface area contributed by atoms with Crippen molar-refractivity contribution in [2.45, 2.75) is 11.8 Å². The molecule has 88 valence electrons. The molecule has 0 aromatic heterocycles. The van der Waals surface area contributed by atoms with Crippen molar-refractivity contribution in [3.05, 3.63) is 70.0 Å². The highest BCUT2D eigenvalue weighted by atomic mass is 79.9. The summed E-state index contributed by atoms with van der Waals surface area (Å²) in [5.74, 6) is -0.222. The van der Waals surface area contributed by atoms with E-state index in [1.165, 1.54) is 12.1 Å². The molecule has 0 nitrogen and oxygen atoms in total. The average molecular weight is 314 g/mol. The van der Waals surface area contributed by atoms with Crippen LogP contribution in [0.1, 0.15) is 21.5 Å². The van der Waals surface area contributed by atoms with Gasteiger partial charge in [0, 0.05) is 5.02 Å². The Kier molecular flexibility index (Phi) is 3.85. The fourth-order valence-corrected chi connectivity index (χ4v) is 2.36. The van der Waals surface area contributed by atoms with E-state index >= 15 is 0 Å². The smallest absolute Gasteiger partial charge is 0.123 e. The van der Waals surface area contributed by atoms with Crippen LogP contribution in [0.3, 0.4) is 0 Å². The van der Waals surface area contributed by atoms with Crippen molar-refractivity contribution in [1.82, 2.24) is 0 Å². The Labute approximate surface area is 114 Å². The summed E-state index contributed by atoms with van der Waals surface area (Å²) in [4.78, 5) is 0.0547. The third-order valence-electron chi connectivity index (χ3n) is 2.64. The maximum atomic E-state index is 12.8. The molecule has 0 saturated carbocycles. The van der Waals surface area contributed by atoms with Gasteiger partial charge in [-0.25, -0.2) is 4.39 Å². The molecule has 2 rings (SSSR count). The van der Waals surface area contributed by atoms with Crippen molar-refractivity contribution in [2.24, 2.45) is 0 Å². The van der Waals surface area contributed by atoms with Crippen LogP contribution in [0, 0.1) is 12.7 Å². The van der Waals surface area contributed by atoms with Gasteiger partial charge in [0.25, 0.3) is 0 Å².